The van der Waals surface area contributed by atoms with Crippen molar-refractivity contribution >= 4 is 5.91 Å². The molecule has 2 aromatic heterocycles. The summed E-state index contributed by atoms with van der Waals surface area (Å²) in [7, 11) is 0. The summed E-state index contributed by atoms with van der Waals surface area (Å²) in [5, 5.41) is 7.03. The minimum Gasteiger partial charge on any atom is -0.468 e. The number of furan rings is 1. The molecule has 4 rings (SSSR count). The normalized spacial score (nSPS) is 15.9. The maximum absolute atomic E-state index is 13.3. The molecule has 152 valence electrons. The van der Waals surface area contributed by atoms with E-state index in [9.17, 15) is 9.18 Å². The van der Waals surface area contributed by atoms with Crippen LogP contribution < -0.4 is 5.32 Å². The van der Waals surface area contributed by atoms with E-state index in [1.54, 1.807) is 25.3 Å². The number of hydrogen-bond acceptors (Lipinski definition) is 5. The van der Waals surface area contributed by atoms with E-state index in [1.165, 1.54) is 18.6 Å². The maximum Gasteiger partial charge on any atom is 0.257 e. The molecule has 1 N–H and O–H groups in total. The average molecular weight is 397 g/mol. The molecule has 1 fully saturated rings. The van der Waals surface area contributed by atoms with Gasteiger partial charge in [-0.1, -0.05) is 11.6 Å². The summed E-state index contributed by atoms with van der Waals surface area (Å²) in [4.78, 5) is 15.4. The zero-order valence-corrected chi connectivity index (χ0v) is 16.4. The van der Waals surface area contributed by atoms with Crippen LogP contribution in [0.2, 0.25) is 0 Å². The molecule has 1 saturated heterocycles. The minimum absolute atomic E-state index is 0.0244. The molecule has 1 atom stereocenters. The van der Waals surface area contributed by atoms with E-state index >= 15 is 0 Å². The van der Waals surface area contributed by atoms with Gasteiger partial charge in [-0.3, -0.25) is 9.69 Å². The van der Waals surface area contributed by atoms with Crippen LogP contribution in [0.4, 0.5) is 4.39 Å². The topological polar surface area (TPSA) is 71.5 Å². The number of aryl methyl sites for hydroxylation is 1. The Bertz CT molecular complexity index is 944. The van der Waals surface area contributed by atoms with Crippen LogP contribution in [-0.4, -0.2) is 35.6 Å². The van der Waals surface area contributed by atoms with Gasteiger partial charge in [0.25, 0.3) is 5.91 Å². The fraction of sp³-hybridized carbons (Fsp3) is 0.364. The van der Waals surface area contributed by atoms with Crippen LogP contribution in [-0.2, 0) is 0 Å². The zero-order chi connectivity index (χ0) is 20.2. The number of halogens is 1. The molecule has 1 amide bonds. The van der Waals surface area contributed by atoms with Gasteiger partial charge in [-0.25, -0.2) is 4.39 Å². The lowest BCUT2D eigenvalue weighted by Crippen LogP contribution is -2.40. The molecule has 0 bridgehead atoms. The second kappa shape index (κ2) is 8.61. The molecule has 29 heavy (non-hydrogen) atoms. The second-order valence-electron chi connectivity index (χ2n) is 7.31. The fourth-order valence-electron chi connectivity index (χ4n) is 3.84. The zero-order valence-electron chi connectivity index (χ0n) is 16.4. The van der Waals surface area contributed by atoms with Crippen molar-refractivity contribution in [2.45, 2.75) is 32.2 Å². The van der Waals surface area contributed by atoms with E-state index in [0.717, 1.165) is 31.7 Å². The van der Waals surface area contributed by atoms with E-state index < -0.39 is 0 Å². The standard InChI is InChI=1S/C22H24FN3O3/c1-15-20(21(25-29-15)16-7-9-17(23)10-8-16)22(27)24-14-18(19-6-5-13-28-19)26-11-3-2-4-12-26/h5-10,13,18H,2-4,11-12,14H2,1H3,(H,24,27). The fourth-order valence-corrected chi connectivity index (χ4v) is 3.84. The number of benzene rings is 1. The first-order valence-electron chi connectivity index (χ1n) is 9.91. The second-order valence-corrected chi connectivity index (χ2v) is 7.31. The highest BCUT2D eigenvalue weighted by Crippen LogP contribution is 2.27. The number of hydrogen-bond donors (Lipinski definition) is 1. The van der Waals surface area contributed by atoms with Gasteiger partial charge in [0.05, 0.1) is 12.3 Å². The Morgan fingerprint density at radius 1 is 1.21 bits per heavy atom. The molecule has 0 saturated carbocycles. The monoisotopic (exact) mass is 397 g/mol. The number of amides is 1. The molecule has 0 radical (unpaired) electrons. The van der Waals surface area contributed by atoms with Gasteiger partial charge < -0.3 is 14.3 Å². The smallest absolute Gasteiger partial charge is 0.257 e. The SMILES string of the molecule is Cc1onc(-c2ccc(F)cc2)c1C(=O)NCC(c1ccco1)N1CCCCC1. The molecule has 0 spiro atoms. The van der Waals surface area contributed by atoms with Crippen molar-refractivity contribution in [2.75, 3.05) is 19.6 Å². The third kappa shape index (κ3) is 4.24. The number of nitrogens with one attached hydrogen (secondary N) is 1. The summed E-state index contributed by atoms with van der Waals surface area (Å²) >= 11 is 0. The summed E-state index contributed by atoms with van der Waals surface area (Å²) < 4.78 is 24.2. The molecule has 6 nitrogen and oxygen atoms in total. The quantitative estimate of drug-likeness (QED) is 0.670. The molecule has 1 aliphatic heterocycles. The highest BCUT2D eigenvalue weighted by molar-refractivity contribution is 6.00. The Hall–Kier alpha value is -2.93. The van der Waals surface area contributed by atoms with Crippen molar-refractivity contribution in [3.8, 4) is 11.3 Å². The molecule has 1 aliphatic rings. The number of aromatic nitrogens is 1. The van der Waals surface area contributed by atoms with Crippen molar-refractivity contribution < 1.29 is 18.1 Å². The lowest BCUT2D eigenvalue weighted by atomic mass is 10.0. The Labute approximate surface area is 168 Å². The molecule has 0 aliphatic carbocycles. The largest absolute Gasteiger partial charge is 0.468 e. The highest BCUT2D eigenvalue weighted by Gasteiger charge is 2.27. The molecule has 1 unspecified atom stereocenters. The van der Waals surface area contributed by atoms with Gasteiger partial charge >= 0.3 is 0 Å². The Balaban J connectivity index is 1.53. The van der Waals surface area contributed by atoms with Crippen LogP contribution in [0.5, 0.6) is 0 Å². The van der Waals surface area contributed by atoms with Crippen LogP contribution in [0.15, 0.2) is 51.6 Å². The molecule has 3 aromatic rings. The first-order valence-corrected chi connectivity index (χ1v) is 9.91. The molecular weight excluding hydrogens is 373 g/mol. The van der Waals surface area contributed by atoms with Gasteiger partial charge in [-0.2, -0.15) is 0 Å². The molecule has 3 heterocycles. The van der Waals surface area contributed by atoms with E-state index in [2.05, 4.69) is 15.4 Å². The third-order valence-corrected chi connectivity index (χ3v) is 5.37. The Kier molecular flexibility index (Phi) is 5.76. The summed E-state index contributed by atoms with van der Waals surface area (Å²) in [6.07, 6.45) is 5.18. The molecular formula is C22H24FN3O3. The number of nitrogens with zero attached hydrogens (tertiary/aromatic N) is 2. The van der Waals surface area contributed by atoms with E-state index in [0.29, 0.717) is 29.1 Å². The van der Waals surface area contributed by atoms with Crippen molar-refractivity contribution in [3.63, 3.8) is 0 Å². The summed E-state index contributed by atoms with van der Waals surface area (Å²) in [6.45, 7) is 4.08. The predicted molar refractivity (Wildman–Crippen MR) is 106 cm³/mol. The molecule has 1 aromatic carbocycles. The maximum atomic E-state index is 13.3. The van der Waals surface area contributed by atoms with Gasteiger partial charge in [0.15, 0.2) is 0 Å². The van der Waals surface area contributed by atoms with Crippen LogP contribution in [0, 0.1) is 12.7 Å². The van der Waals surface area contributed by atoms with Crippen molar-refractivity contribution in [2.24, 2.45) is 0 Å². The van der Waals surface area contributed by atoms with Crippen LogP contribution in [0.1, 0.15) is 47.2 Å². The summed E-state index contributed by atoms with van der Waals surface area (Å²) in [5.41, 5.74) is 1.41. The number of carbonyl (C=O) groups excluding carboxylic acids is 1. The lowest BCUT2D eigenvalue weighted by molar-refractivity contribution is 0.0913. The number of rotatable bonds is 6. The van der Waals surface area contributed by atoms with Crippen LogP contribution in [0.3, 0.4) is 0 Å². The molecule has 7 heteroatoms. The Morgan fingerprint density at radius 3 is 2.66 bits per heavy atom. The van der Waals surface area contributed by atoms with Crippen molar-refractivity contribution in [3.05, 3.63) is 65.6 Å². The number of carbonyl (C=O) groups is 1. The first-order chi connectivity index (χ1) is 14.1. The highest BCUT2D eigenvalue weighted by atomic mass is 19.1. The predicted octanol–water partition coefficient (Wildman–Crippen LogP) is 4.34. The van der Waals surface area contributed by atoms with Crippen molar-refractivity contribution in [1.82, 2.24) is 15.4 Å². The van der Waals surface area contributed by atoms with Gasteiger partial charge in [0.2, 0.25) is 0 Å². The van der Waals surface area contributed by atoms with Gasteiger partial charge in [0, 0.05) is 12.1 Å². The first kappa shape index (κ1) is 19.4. The summed E-state index contributed by atoms with van der Waals surface area (Å²) in [5.74, 6) is 0.654. The van der Waals surface area contributed by atoms with Gasteiger partial charge in [-0.05, 0) is 69.3 Å². The number of piperidine rings is 1. The lowest BCUT2D eigenvalue weighted by Gasteiger charge is -2.33. The van der Waals surface area contributed by atoms with Gasteiger partial charge in [0.1, 0.15) is 28.6 Å². The van der Waals surface area contributed by atoms with Crippen LogP contribution >= 0.6 is 0 Å². The summed E-state index contributed by atoms with van der Waals surface area (Å²) in [6, 6.07) is 9.63. The van der Waals surface area contributed by atoms with E-state index in [1.807, 2.05) is 12.1 Å². The number of likely N-dealkylation sites (tertiary alicyclic amines) is 1. The average Bonchev–Trinajstić information content (AvgIpc) is 3.40. The van der Waals surface area contributed by atoms with E-state index in [-0.39, 0.29) is 17.8 Å². The van der Waals surface area contributed by atoms with Crippen molar-refractivity contribution in [1.29, 1.82) is 0 Å². The minimum atomic E-state index is -0.345. The van der Waals surface area contributed by atoms with Crippen LogP contribution in [0.25, 0.3) is 11.3 Å². The Morgan fingerprint density at radius 2 is 1.97 bits per heavy atom. The van der Waals surface area contributed by atoms with Gasteiger partial charge in [-0.15, -0.1) is 0 Å². The van der Waals surface area contributed by atoms with E-state index in [4.69, 9.17) is 8.94 Å². The third-order valence-electron chi connectivity index (χ3n) is 5.37.